The molecule has 2 aliphatic heterocycles. The van der Waals surface area contributed by atoms with E-state index in [9.17, 15) is 19.2 Å². The molecule has 0 radical (unpaired) electrons. The molecule has 34 heavy (non-hydrogen) atoms. The molecule has 1 saturated heterocycles. The number of benzene rings is 2. The molecule has 1 fully saturated rings. The first-order valence-corrected chi connectivity index (χ1v) is 11.3. The summed E-state index contributed by atoms with van der Waals surface area (Å²) in [6, 6.07) is 16.6. The van der Waals surface area contributed by atoms with Crippen molar-refractivity contribution in [3.63, 3.8) is 0 Å². The number of nitrogens with two attached hydrogens (primary N) is 1. The number of para-hydroxylation sites is 1. The molecular formula is C23H21N3O7S. The SMILES string of the molecule is NC(=O)OCC1=C(C(=O)OCc2ccccc2)N2C(=O)[C@@H](NC(=O)Oc3ccccc3)[C@H]2SC1. The van der Waals surface area contributed by atoms with Gasteiger partial charge in [0, 0.05) is 11.3 Å². The van der Waals surface area contributed by atoms with Crippen molar-refractivity contribution in [3.8, 4) is 5.75 Å². The Morgan fingerprint density at radius 1 is 1.00 bits per heavy atom. The van der Waals surface area contributed by atoms with E-state index >= 15 is 0 Å². The smallest absolute Gasteiger partial charge is 0.413 e. The lowest BCUT2D eigenvalue weighted by atomic mass is 10.0. The quantitative estimate of drug-likeness (QED) is 0.451. The highest BCUT2D eigenvalue weighted by Gasteiger charge is 2.54. The molecule has 0 bridgehead atoms. The third-order valence-electron chi connectivity index (χ3n) is 5.07. The van der Waals surface area contributed by atoms with Gasteiger partial charge in [0.25, 0.3) is 5.91 Å². The molecule has 0 spiro atoms. The zero-order valence-corrected chi connectivity index (χ0v) is 18.7. The monoisotopic (exact) mass is 483 g/mol. The standard InChI is InChI=1S/C23H21N3O7S/c24-22(29)32-12-15-13-34-20-17(25-23(30)33-16-9-5-2-6-10-16)19(27)26(20)18(15)21(28)31-11-14-7-3-1-4-8-14/h1-10,17,20H,11-13H2,(H2,24,29)(H,25,30)/t17-,20-/m1/s1. The van der Waals surface area contributed by atoms with E-state index in [1.807, 2.05) is 18.2 Å². The number of ether oxygens (including phenoxy) is 3. The minimum atomic E-state index is -1.00. The van der Waals surface area contributed by atoms with E-state index in [0.29, 0.717) is 11.3 Å². The lowest BCUT2D eigenvalue weighted by Crippen LogP contribution is -2.71. The van der Waals surface area contributed by atoms with Crippen molar-refractivity contribution >= 4 is 35.8 Å². The molecule has 2 aliphatic rings. The van der Waals surface area contributed by atoms with E-state index in [4.69, 9.17) is 19.9 Å². The molecule has 2 atom stereocenters. The van der Waals surface area contributed by atoms with Crippen LogP contribution in [0.3, 0.4) is 0 Å². The number of carbonyl (C=O) groups excluding carboxylic acids is 4. The first-order valence-electron chi connectivity index (χ1n) is 10.3. The number of esters is 1. The van der Waals surface area contributed by atoms with Crippen LogP contribution in [0.4, 0.5) is 9.59 Å². The summed E-state index contributed by atoms with van der Waals surface area (Å²) in [7, 11) is 0. The van der Waals surface area contributed by atoms with Gasteiger partial charge in [0.1, 0.15) is 36.1 Å². The summed E-state index contributed by atoms with van der Waals surface area (Å²) in [6.45, 7) is -0.263. The summed E-state index contributed by atoms with van der Waals surface area (Å²) >= 11 is 1.31. The van der Waals surface area contributed by atoms with Gasteiger partial charge in [0.05, 0.1) is 0 Å². The van der Waals surface area contributed by atoms with Crippen LogP contribution in [-0.2, 0) is 25.7 Å². The first kappa shape index (κ1) is 23.2. The molecular weight excluding hydrogens is 462 g/mol. The van der Waals surface area contributed by atoms with E-state index in [2.05, 4.69) is 5.32 Å². The van der Waals surface area contributed by atoms with E-state index in [-0.39, 0.29) is 24.7 Å². The number of hydrogen-bond acceptors (Lipinski definition) is 8. The van der Waals surface area contributed by atoms with E-state index in [1.165, 1.54) is 16.7 Å². The maximum atomic E-state index is 13.0. The van der Waals surface area contributed by atoms with Crippen LogP contribution < -0.4 is 15.8 Å². The highest BCUT2D eigenvalue weighted by molar-refractivity contribution is 8.00. The fourth-order valence-electron chi connectivity index (χ4n) is 3.48. The minimum absolute atomic E-state index is 0.00193. The number of nitrogens with zero attached hydrogens (tertiary/aromatic N) is 1. The summed E-state index contributed by atoms with van der Waals surface area (Å²) in [5.41, 5.74) is 6.20. The summed E-state index contributed by atoms with van der Waals surface area (Å²) in [4.78, 5) is 50.5. The molecule has 3 amide bonds. The number of rotatable bonds is 7. The topological polar surface area (TPSA) is 137 Å². The van der Waals surface area contributed by atoms with Gasteiger partial charge >= 0.3 is 18.2 Å². The minimum Gasteiger partial charge on any atom is -0.456 e. The van der Waals surface area contributed by atoms with Crippen molar-refractivity contribution < 1.29 is 33.4 Å². The second-order valence-electron chi connectivity index (χ2n) is 7.36. The predicted octanol–water partition coefficient (Wildman–Crippen LogP) is 2.15. The van der Waals surface area contributed by atoms with Gasteiger partial charge in [-0.05, 0) is 17.7 Å². The normalized spacial score (nSPS) is 18.9. The molecule has 0 aliphatic carbocycles. The van der Waals surface area contributed by atoms with Gasteiger partial charge in [-0.2, -0.15) is 0 Å². The van der Waals surface area contributed by atoms with E-state index in [0.717, 1.165) is 5.56 Å². The molecule has 10 nitrogen and oxygen atoms in total. The molecule has 176 valence electrons. The van der Waals surface area contributed by atoms with Crippen molar-refractivity contribution in [2.24, 2.45) is 5.73 Å². The zero-order valence-electron chi connectivity index (χ0n) is 17.8. The lowest BCUT2D eigenvalue weighted by Gasteiger charge is -2.49. The number of nitrogens with one attached hydrogen (secondary N) is 1. The maximum absolute atomic E-state index is 13.0. The van der Waals surface area contributed by atoms with Crippen molar-refractivity contribution in [1.29, 1.82) is 0 Å². The lowest BCUT2D eigenvalue weighted by molar-refractivity contribution is -0.152. The number of β-lactam (4-membered cyclic amide) rings is 1. The predicted molar refractivity (Wildman–Crippen MR) is 121 cm³/mol. The van der Waals surface area contributed by atoms with Gasteiger partial charge < -0.3 is 25.3 Å². The Morgan fingerprint density at radius 2 is 1.68 bits per heavy atom. The number of hydrogen-bond donors (Lipinski definition) is 2. The van der Waals surface area contributed by atoms with Crippen LogP contribution in [0, 0.1) is 0 Å². The largest absolute Gasteiger partial charge is 0.456 e. The van der Waals surface area contributed by atoms with Crippen LogP contribution in [0.1, 0.15) is 5.56 Å². The van der Waals surface area contributed by atoms with Crippen LogP contribution in [0.15, 0.2) is 71.9 Å². The number of fused-ring (bicyclic) bond motifs is 1. The van der Waals surface area contributed by atoms with Gasteiger partial charge in [-0.15, -0.1) is 11.8 Å². The number of primary amides is 1. The van der Waals surface area contributed by atoms with Gasteiger partial charge in [-0.3, -0.25) is 9.69 Å². The van der Waals surface area contributed by atoms with Crippen molar-refractivity contribution in [3.05, 3.63) is 77.5 Å². The Balaban J connectivity index is 1.47. The summed E-state index contributed by atoms with van der Waals surface area (Å²) in [5.74, 6) is -0.652. The molecule has 2 aromatic rings. The fraction of sp³-hybridized carbons (Fsp3) is 0.217. The first-order chi connectivity index (χ1) is 16.4. The van der Waals surface area contributed by atoms with Crippen LogP contribution in [0.5, 0.6) is 5.75 Å². The summed E-state index contributed by atoms with van der Waals surface area (Å²) in [5, 5.41) is 1.99. The molecule has 2 aromatic carbocycles. The van der Waals surface area contributed by atoms with Gasteiger partial charge in [-0.1, -0.05) is 48.5 Å². The Kier molecular flexibility index (Phi) is 7.02. The van der Waals surface area contributed by atoms with Crippen molar-refractivity contribution in [2.75, 3.05) is 12.4 Å². The van der Waals surface area contributed by atoms with E-state index < -0.39 is 35.5 Å². The van der Waals surface area contributed by atoms with Crippen LogP contribution in [-0.4, -0.2) is 52.7 Å². The number of thioether (sulfide) groups is 1. The van der Waals surface area contributed by atoms with Gasteiger partial charge in [0.2, 0.25) is 0 Å². The van der Waals surface area contributed by atoms with Crippen molar-refractivity contribution in [1.82, 2.24) is 10.2 Å². The van der Waals surface area contributed by atoms with Gasteiger partial charge in [0.15, 0.2) is 0 Å². The van der Waals surface area contributed by atoms with Crippen LogP contribution >= 0.6 is 11.8 Å². The average molecular weight is 484 g/mol. The average Bonchev–Trinajstić information content (AvgIpc) is 2.85. The summed E-state index contributed by atoms with van der Waals surface area (Å²) < 4.78 is 15.5. The highest BCUT2D eigenvalue weighted by atomic mass is 32.2. The van der Waals surface area contributed by atoms with Crippen molar-refractivity contribution in [2.45, 2.75) is 18.0 Å². The van der Waals surface area contributed by atoms with E-state index in [1.54, 1.807) is 42.5 Å². The summed E-state index contributed by atoms with van der Waals surface area (Å²) in [6.07, 6.45) is -1.79. The second-order valence-corrected chi connectivity index (χ2v) is 8.46. The molecule has 4 rings (SSSR count). The zero-order chi connectivity index (χ0) is 24.1. The Labute approximate surface area is 199 Å². The molecule has 0 unspecified atom stereocenters. The molecule has 11 heteroatoms. The Hall–Kier alpha value is -3.99. The Morgan fingerprint density at radius 3 is 2.35 bits per heavy atom. The highest BCUT2D eigenvalue weighted by Crippen LogP contribution is 2.40. The number of amides is 3. The maximum Gasteiger partial charge on any atom is 0.413 e. The molecule has 0 saturated carbocycles. The molecule has 3 N–H and O–H groups in total. The Bertz CT molecular complexity index is 1120. The fourth-order valence-corrected chi connectivity index (χ4v) is 4.81. The third kappa shape index (κ3) is 5.15. The molecule has 0 aromatic heterocycles. The third-order valence-corrected chi connectivity index (χ3v) is 6.41. The second kappa shape index (κ2) is 10.3. The molecule has 2 heterocycles. The van der Waals surface area contributed by atoms with Crippen LogP contribution in [0.2, 0.25) is 0 Å². The number of carbonyl (C=O) groups is 4. The van der Waals surface area contributed by atoms with Crippen LogP contribution in [0.25, 0.3) is 0 Å². The van der Waals surface area contributed by atoms with Gasteiger partial charge in [-0.25, -0.2) is 14.4 Å².